The first kappa shape index (κ1) is 21.2. The van der Waals surface area contributed by atoms with Gasteiger partial charge in [0.1, 0.15) is 18.2 Å². The number of hydrogen-bond acceptors (Lipinski definition) is 5. The Morgan fingerprint density at radius 3 is 2.74 bits per heavy atom. The molecular weight excluding hydrogens is 437 g/mol. The predicted octanol–water partition coefficient (Wildman–Crippen LogP) is 5.65. The van der Waals surface area contributed by atoms with Gasteiger partial charge in [-0.15, -0.1) is 11.3 Å². The average Bonchev–Trinajstić information content (AvgIpc) is 3.21. The van der Waals surface area contributed by atoms with Gasteiger partial charge in [-0.2, -0.15) is 0 Å². The molecule has 0 fully saturated rings. The molecule has 0 aliphatic carbocycles. The largest absolute Gasteiger partial charge is 0.480 e. The summed E-state index contributed by atoms with van der Waals surface area (Å²) in [5, 5.41) is 9.57. The predicted molar refractivity (Wildman–Crippen MR) is 123 cm³/mol. The van der Waals surface area contributed by atoms with Crippen LogP contribution in [0.3, 0.4) is 0 Å². The standard InChI is InChI=1S/C23H19ClFN3O2S/c1-2-28(12-20(29)30)19-7-6-14(11-26-19)8-16-10-18-23(27-13-31-18)21(22(16)25)15-4-3-5-17(24)9-15/h3-7,9-11,13H,2,8,12H2,1H3,(H,29,30). The van der Waals surface area contributed by atoms with Crippen molar-refractivity contribution in [1.82, 2.24) is 9.97 Å². The Balaban J connectivity index is 1.69. The molecule has 2 aromatic carbocycles. The summed E-state index contributed by atoms with van der Waals surface area (Å²) in [6.07, 6.45) is 2.01. The number of fused-ring (bicyclic) bond motifs is 1. The molecule has 0 saturated heterocycles. The molecule has 8 heteroatoms. The molecule has 2 heterocycles. The number of aliphatic carboxylic acids is 1. The van der Waals surface area contributed by atoms with Crippen LogP contribution in [0, 0.1) is 5.82 Å². The summed E-state index contributed by atoms with van der Waals surface area (Å²) in [4.78, 5) is 21.4. The van der Waals surface area contributed by atoms with Crippen LogP contribution in [0.4, 0.5) is 10.2 Å². The number of aromatic nitrogens is 2. The Labute approximate surface area is 187 Å². The first-order valence-electron chi connectivity index (χ1n) is 9.68. The summed E-state index contributed by atoms with van der Waals surface area (Å²) in [6, 6.07) is 12.5. The fourth-order valence-corrected chi connectivity index (χ4v) is 4.45. The molecule has 4 rings (SSSR count). The smallest absolute Gasteiger partial charge is 0.323 e. The molecular formula is C23H19ClFN3O2S. The van der Waals surface area contributed by atoms with Gasteiger partial charge in [-0.05, 0) is 47.9 Å². The molecule has 0 aliphatic rings. The Hall–Kier alpha value is -3.03. The van der Waals surface area contributed by atoms with Crippen molar-refractivity contribution in [3.63, 3.8) is 0 Å². The van der Waals surface area contributed by atoms with Crippen LogP contribution in [-0.4, -0.2) is 34.1 Å². The van der Waals surface area contributed by atoms with E-state index < -0.39 is 5.97 Å². The SMILES string of the molecule is CCN(CC(=O)O)c1ccc(Cc2cc3scnc3c(-c3cccc(Cl)c3)c2F)cn1. The molecule has 0 atom stereocenters. The second kappa shape index (κ2) is 8.99. The van der Waals surface area contributed by atoms with Crippen molar-refractivity contribution in [3.05, 3.63) is 76.1 Å². The minimum atomic E-state index is -0.916. The Morgan fingerprint density at radius 2 is 2.06 bits per heavy atom. The third kappa shape index (κ3) is 4.52. The number of nitrogens with zero attached hydrogens (tertiary/aromatic N) is 3. The number of carboxylic acid groups (broad SMARTS) is 1. The van der Waals surface area contributed by atoms with Crippen LogP contribution in [0.15, 0.2) is 54.2 Å². The van der Waals surface area contributed by atoms with Crippen molar-refractivity contribution in [2.45, 2.75) is 13.3 Å². The maximum absolute atomic E-state index is 15.6. The summed E-state index contributed by atoms with van der Waals surface area (Å²) in [7, 11) is 0. The van der Waals surface area contributed by atoms with E-state index in [4.69, 9.17) is 16.7 Å². The maximum Gasteiger partial charge on any atom is 0.323 e. The van der Waals surface area contributed by atoms with Crippen molar-refractivity contribution in [3.8, 4) is 11.1 Å². The summed E-state index contributed by atoms with van der Waals surface area (Å²) >= 11 is 7.60. The lowest BCUT2D eigenvalue weighted by atomic mass is 9.97. The molecule has 0 bridgehead atoms. The van der Waals surface area contributed by atoms with E-state index in [0.29, 0.717) is 46.0 Å². The fraction of sp³-hybridized carbons (Fsp3) is 0.174. The van der Waals surface area contributed by atoms with E-state index in [9.17, 15) is 4.79 Å². The summed E-state index contributed by atoms with van der Waals surface area (Å²) in [5.41, 5.74) is 4.83. The highest BCUT2D eigenvalue weighted by molar-refractivity contribution is 7.16. The number of anilines is 1. The first-order valence-corrected chi connectivity index (χ1v) is 10.9. The third-order valence-corrected chi connectivity index (χ3v) is 6.00. The van der Waals surface area contributed by atoms with E-state index >= 15 is 4.39 Å². The highest BCUT2D eigenvalue weighted by Gasteiger charge is 2.18. The van der Waals surface area contributed by atoms with Crippen molar-refractivity contribution in [2.75, 3.05) is 18.0 Å². The molecule has 31 heavy (non-hydrogen) atoms. The normalized spacial score (nSPS) is 11.1. The molecule has 0 unspecified atom stereocenters. The lowest BCUT2D eigenvalue weighted by molar-refractivity contribution is -0.135. The van der Waals surface area contributed by atoms with Gasteiger partial charge in [0.2, 0.25) is 0 Å². The lowest BCUT2D eigenvalue weighted by Crippen LogP contribution is -2.30. The summed E-state index contributed by atoms with van der Waals surface area (Å²) in [5.74, 6) is -0.668. The Bertz CT molecular complexity index is 1240. The molecule has 158 valence electrons. The van der Waals surface area contributed by atoms with E-state index in [2.05, 4.69) is 9.97 Å². The average molecular weight is 456 g/mol. The van der Waals surface area contributed by atoms with Crippen LogP contribution >= 0.6 is 22.9 Å². The van der Waals surface area contributed by atoms with E-state index in [1.54, 1.807) is 40.9 Å². The number of thiazole rings is 1. The molecule has 5 nitrogen and oxygen atoms in total. The third-order valence-electron chi connectivity index (χ3n) is 4.99. The van der Waals surface area contributed by atoms with Gasteiger partial charge in [-0.25, -0.2) is 14.4 Å². The molecule has 0 amide bonds. The summed E-state index contributed by atoms with van der Waals surface area (Å²) < 4.78 is 16.5. The molecule has 0 spiro atoms. The molecule has 1 N–H and O–H groups in total. The number of rotatable bonds is 7. The van der Waals surface area contributed by atoms with Gasteiger partial charge >= 0.3 is 5.97 Å². The second-order valence-corrected chi connectivity index (χ2v) is 8.37. The van der Waals surface area contributed by atoms with Gasteiger partial charge in [0.25, 0.3) is 0 Å². The van der Waals surface area contributed by atoms with Crippen molar-refractivity contribution in [1.29, 1.82) is 0 Å². The van der Waals surface area contributed by atoms with Gasteiger partial charge in [0, 0.05) is 29.7 Å². The summed E-state index contributed by atoms with van der Waals surface area (Å²) in [6.45, 7) is 2.27. The number of likely N-dealkylation sites (N-methyl/N-ethyl adjacent to an activating group) is 1. The van der Waals surface area contributed by atoms with Gasteiger partial charge in [0.15, 0.2) is 0 Å². The van der Waals surface area contributed by atoms with Crippen LogP contribution in [0.1, 0.15) is 18.1 Å². The quantitative estimate of drug-likeness (QED) is 0.390. The van der Waals surface area contributed by atoms with Gasteiger partial charge in [-0.3, -0.25) is 4.79 Å². The van der Waals surface area contributed by atoms with Crippen molar-refractivity contribution in [2.24, 2.45) is 0 Å². The number of hydrogen-bond donors (Lipinski definition) is 1. The minimum absolute atomic E-state index is 0.123. The molecule has 0 radical (unpaired) electrons. The Kier molecular flexibility index (Phi) is 6.15. The minimum Gasteiger partial charge on any atom is -0.480 e. The molecule has 2 aromatic heterocycles. The van der Waals surface area contributed by atoms with Crippen molar-refractivity contribution >= 4 is 44.9 Å². The molecule has 0 saturated carbocycles. The van der Waals surface area contributed by atoms with E-state index in [0.717, 1.165) is 10.3 Å². The number of pyridine rings is 1. The zero-order valence-corrected chi connectivity index (χ0v) is 18.3. The zero-order chi connectivity index (χ0) is 22.0. The van der Waals surface area contributed by atoms with Crippen LogP contribution in [0.5, 0.6) is 0 Å². The number of benzene rings is 2. The lowest BCUT2D eigenvalue weighted by Gasteiger charge is -2.19. The molecule has 4 aromatic rings. The van der Waals surface area contributed by atoms with Gasteiger partial charge in [0.05, 0.1) is 15.7 Å². The van der Waals surface area contributed by atoms with E-state index in [1.165, 1.54) is 11.3 Å². The maximum atomic E-state index is 15.6. The highest BCUT2D eigenvalue weighted by atomic mass is 35.5. The van der Waals surface area contributed by atoms with Gasteiger partial charge < -0.3 is 10.0 Å². The fourth-order valence-electron chi connectivity index (χ4n) is 3.51. The highest BCUT2D eigenvalue weighted by Crippen LogP contribution is 2.36. The Morgan fingerprint density at radius 1 is 1.23 bits per heavy atom. The number of halogens is 2. The van der Waals surface area contributed by atoms with Crippen LogP contribution in [-0.2, 0) is 11.2 Å². The number of carbonyl (C=O) groups is 1. The van der Waals surface area contributed by atoms with Crippen LogP contribution < -0.4 is 4.90 Å². The first-order chi connectivity index (χ1) is 15.0. The monoisotopic (exact) mass is 455 g/mol. The zero-order valence-electron chi connectivity index (χ0n) is 16.7. The topological polar surface area (TPSA) is 66.3 Å². The van der Waals surface area contributed by atoms with Crippen molar-refractivity contribution < 1.29 is 14.3 Å². The molecule has 0 aliphatic heterocycles. The van der Waals surface area contributed by atoms with Crippen LogP contribution in [0.25, 0.3) is 21.3 Å². The number of carboxylic acids is 1. The second-order valence-electron chi connectivity index (χ2n) is 7.04. The van der Waals surface area contributed by atoms with E-state index in [1.807, 2.05) is 25.1 Å². The van der Waals surface area contributed by atoms with Crippen LogP contribution in [0.2, 0.25) is 5.02 Å². The van der Waals surface area contributed by atoms with Gasteiger partial charge in [-0.1, -0.05) is 29.8 Å². The van der Waals surface area contributed by atoms with E-state index in [-0.39, 0.29) is 12.4 Å².